The molecule has 0 aliphatic heterocycles. The molecule has 1 heterocycles. The minimum absolute atomic E-state index is 0.0630. The number of nitrogens with one attached hydrogen (secondary N) is 1. The maximum absolute atomic E-state index is 11.8. The Morgan fingerprint density at radius 1 is 1.56 bits per heavy atom. The highest BCUT2D eigenvalue weighted by molar-refractivity contribution is 7.11. The molecule has 0 atom stereocenters. The Balaban J connectivity index is 2.05. The molecule has 0 unspecified atom stereocenters. The summed E-state index contributed by atoms with van der Waals surface area (Å²) in [5.41, 5.74) is 6.04. The molecule has 1 aliphatic rings. The molecule has 98 valence electrons. The highest BCUT2D eigenvalue weighted by atomic mass is 32.1. The summed E-state index contributed by atoms with van der Waals surface area (Å²) in [6, 6.07) is 0. The molecule has 0 bridgehead atoms. The van der Waals surface area contributed by atoms with Gasteiger partial charge >= 0.3 is 5.97 Å². The number of hydrogen-bond acceptors (Lipinski definition) is 5. The standard InChI is InChI=1S/C11H15N3O3S/c1-6-8(10(16)17)9(18-14-6)13-7(15)5-11(12)3-2-4-11/h2-5,12H2,1H3,(H,13,15)(H,16,17). The van der Waals surface area contributed by atoms with E-state index in [1.54, 1.807) is 6.92 Å². The van der Waals surface area contributed by atoms with Gasteiger partial charge in [0.05, 0.1) is 5.69 Å². The van der Waals surface area contributed by atoms with Gasteiger partial charge in [-0.3, -0.25) is 4.79 Å². The van der Waals surface area contributed by atoms with Gasteiger partial charge < -0.3 is 16.2 Å². The number of aryl methyl sites for hydroxylation is 1. The molecule has 2 rings (SSSR count). The Morgan fingerprint density at radius 2 is 2.22 bits per heavy atom. The summed E-state index contributed by atoms with van der Waals surface area (Å²) in [6.45, 7) is 1.60. The van der Waals surface area contributed by atoms with Crippen LogP contribution in [0.4, 0.5) is 5.00 Å². The number of carboxylic acid groups (broad SMARTS) is 1. The molecule has 0 saturated heterocycles. The molecular weight excluding hydrogens is 254 g/mol. The van der Waals surface area contributed by atoms with E-state index in [2.05, 4.69) is 9.69 Å². The molecular formula is C11H15N3O3S. The summed E-state index contributed by atoms with van der Waals surface area (Å²) in [4.78, 5) is 22.8. The van der Waals surface area contributed by atoms with Crippen LogP contribution in [0.5, 0.6) is 0 Å². The Kier molecular flexibility index (Phi) is 3.36. The number of hydrogen-bond donors (Lipinski definition) is 3. The highest BCUT2D eigenvalue weighted by Crippen LogP contribution is 2.33. The van der Waals surface area contributed by atoms with Crippen molar-refractivity contribution in [3.05, 3.63) is 11.3 Å². The summed E-state index contributed by atoms with van der Waals surface area (Å²) >= 11 is 0.981. The molecule has 6 nitrogen and oxygen atoms in total. The van der Waals surface area contributed by atoms with Crippen LogP contribution in [0, 0.1) is 6.92 Å². The van der Waals surface area contributed by atoms with Gasteiger partial charge in [-0.1, -0.05) is 0 Å². The number of rotatable bonds is 4. The Labute approximate surface area is 108 Å². The topological polar surface area (TPSA) is 105 Å². The average molecular weight is 269 g/mol. The Bertz CT molecular complexity index is 494. The first-order chi connectivity index (χ1) is 8.41. The number of aromatic nitrogens is 1. The SMILES string of the molecule is Cc1nsc(NC(=O)CC2(N)CCC2)c1C(=O)O. The van der Waals surface area contributed by atoms with Gasteiger partial charge in [-0.05, 0) is 37.7 Å². The number of carbonyl (C=O) groups excluding carboxylic acids is 1. The molecule has 0 radical (unpaired) electrons. The lowest BCUT2D eigenvalue weighted by Gasteiger charge is -2.37. The van der Waals surface area contributed by atoms with E-state index in [-0.39, 0.29) is 22.9 Å². The van der Waals surface area contributed by atoms with Gasteiger partial charge in [0.15, 0.2) is 0 Å². The van der Waals surface area contributed by atoms with Crippen molar-refractivity contribution in [1.29, 1.82) is 0 Å². The molecule has 1 aliphatic carbocycles. The van der Waals surface area contributed by atoms with Gasteiger partial charge in [0, 0.05) is 12.0 Å². The van der Waals surface area contributed by atoms with Gasteiger partial charge in [0.25, 0.3) is 0 Å². The molecule has 1 amide bonds. The van der Waals surface area contributed by atoms with Crippen LogP contribution in [0.25, 0.3) is 0 Å². The summed E-state index contributed by atoms with van der Waals surface area (Å²) in [5, 5.41) is 11.9. The molecule has 0 spiro atoms. The van der Waals surface area contributed by atoms with Crippen molar-refractivity contribution < 1.29 is 14.7 Å². The Morgan fingerprint density at radius 3 is 2.72 bits per heavy atom. The summed E-state index contributed by atoms with van der Waals surface area (Å²) in [5.74, 6) is -1.33. The fourth-order valence-electron chi connectivity index (χ4n) is 2.01. The molecule has 1 aromatic rings. The van der Waals surface area contributed by atoms with Gasteiger partial charge in [0.2, 0.25) is 5.91 Å². The number of aromatic carboxylic acids is 1. The monoisotopic (exact) mass is 269 g/mol. The second kappa shape index (κ2) is 4.66. The van der Waals surface area contributed by atoms with Gasteiger partial charge in [0.1, 0.15) is 10.6 Å². The first kappa shape index (κ1) is 13.0. The van der Waals surface area contributed by atoms with E-state index >= 15 is 0 Å². The fraction of sp³-hybridized carbons (Fsp3) is 0.545. The molecule has 0 aromatic carbocycles. The quantitative estimate of drug-likeness (QED) is 0.765. The van der Waals surface area contributed by atoms with Crippen LogP contribution >= 0.6 is 11.5 Å². The van der Waals surface area contributed by atoms with Gasteiger partial charge in [-0.25, -0.2) is 4.79 Å². The van der Waals surface area contributed by atoms with Crippen molar-refractivity contribution in [3.8, 4) is 0 Å². The zero-order chi connectivity index (χ0) is 13.3. The third-order valence-electron chi connectivity index (χ3n) is 3.19. The largest absolute Gasteiger partial charge is 0.478 e. The van der Waals surface area contributed by atoms with Crippen LogP contribution in [0.15, 0.2) is 0 Å². The van der Waals surface area contributed by atoms with Crippen LogP contribution in [-0.2, 0) is 4.79 Å². The predicted octanol–water partition coefficient (Wildman–Crippen LogP) is 1.36. The van der Waals surface area contributed by atoms with Crippen molar-refractivity contribution in [1.82, 2.24) is 4.37 Å². The zero-order valence-electron chi connectivity index (χ0n) is 10.0. The first-order valence-electron chi connectivity index (χ1n) is 5.70. The number of nitrogens with two attached hydrogens (primary N) is 1. The van der Waals surface area contributed by atoms with E-state index in [1.165, 1.54) is 0 Å². The summed E-state index contributed by atoms with van der Waals surface area (Å²) in [7, 11) is 0. The normalized spacial score (nSPS) is 17.0. The van der Waals surface area contributed by atoms with E-state index in [0.29, 0.717) is 5.69 Å². The van der Waals surface area contributed by atoms with E-state index < -0.39 is 11.5 Å². The smallest absolute Gasteiger partial charge is 0.340 e. The van der Waals surface area contributed by atoms with Crippen LogP contribution in [-0.4, -0.2) is 26.9 Å². The van der Waals surface area contributed by atoms with Crippen LogP contribution in [0.2, 0.25) is 0 Å². The van der Waals surface area contributed by atoms with Crippen molar-refractivity contribution in [2.75, 3.05) is 5.32 Å². The number of nitrogens with zero attached hydrogens (tertiary/aromatic N) is 1. The Hall–Kier alpha value is -1.47. The number of carbonyl (C=O) groups is 2. The maximum atomic E-state index is 11.8. The molecule has 1 saturated carbocycles. The first-order valence-corrected chi connectivity index (χ1v) is 6.47. The van der Waals surface area contributed by atoms with Crippen LogP contribution in [0.1, 0.15) is 41.7 Å². The third kappa shape index (κ3) is 2.51. The fourth-order valence-corrected chi connectivity index (χ4v) is 2.81. The average Bonchev–Trinajstić information content (AvgIpc) is 2.57. The van der Waals surface area contributed by atoms with Crippen molar-refractivity contribution in [2.24, 2.45) is 5.73 Å². The summed E-state index contributed by atoms with van der Waals surface area (Å²) in [6.07, 6.45) is 2.95. The maximum Gasteiger partial charge on any atom is 0.340 e. The number of carboxylic acids is 1. The van der Waals surface area contributed by atoms with Gasteiger partial charge in [-0.15, -0.1) is 0 Å². The van der Waals surface area contributed by atoms with Crippen molar-refractivity contribution in [3.63, 3.8) is 0 Å². The van der Waals surface area contributed by atoms with Gasteiger partial charge in [-0.2, -0.15) is 4.37 Å². The second-order valence-electron chi connectivity index (χ2n) is 4.72. The lowest BCUT2D eigenvalue weighted by atomic mass is 9.75. The van der Waals surface area contributed by atoms with Crippen LogP contribution < -0.4 is 11.1 Å². The minimum atomic E-state index is -1.08. The number of amides is 1. The lowest BCUT2D eigenvalue weighted by molar-refractivity contribution is -0.118. The lowest BCUT2D eigenvalue weighted by Crippen LogP contribution is -2.48. The second-order valence-corrected chi connectivity index (χ2v) is 5.49. The minimum Gasteiger partial charge on any atom is -0.478 e. The molecule has 1 fully saturated rings. The van der Waals surface area contributed by atoms with E-state index in [9.17, 15) is 9.59 Å². The van der Waals surface area contributed by atoms with Crippen molar-refractivity contribution in [2.45, 2.75) is 38.1 Å². The van der Waals surface area contributed by atoms with Crippen molar-refractivity contribution >= 4 is 28.4 Å². The summed E-state index contributed by atoms with van der Waals surface area (Å²) < 4.78 is 3.94. The highest BCUT2D eigenvalue weighted by Gasteiger charge is 2.35. The molecule has 1 aromatic heterocycles. The van der Waals surface area contributed by atoms with E-state index in [4.69, 9.17) is 10.8 Å². The molecule has 4 N–H and O–H groups in total. The number of anilines is 1. The zero-order valence-corrected chi connectivity index (χ0v) is 10.8. The third-order valence-corrected chi connectivity index (χ3v) is 4.05. The van der Waals surface area contributed by atoms with E-state index in [0.717, 1.165) is 30.8 Å². The van der Waals surface area contributed by atoms with E-state index in [1.807, 2.05) is 0 Å². The predicted molar refractivity (Wildman–Crippen MR) is 67.8 cm³/mol. The molecule has 18 heavy (non-hydrogen) atoms. The molecule has 7 heteroatoms. The van der Waals surface area contributed by atoms with Crippen LogP contribution in [0.3, 0.4) is 0 Å².